The number of nitrogens with zero attached hydrogens (tertiary/aromatic N) is 3. The zero-order valence-electron chi connectivity index (χ0n) is 13.8. The van der Waals surface area contributed by atoms with Crippen molar-refractivity contribution < 1.29 is 14.7 Å². The summed E-state index contributed by atoms with van der Waals surface area (Å²) >= 11 is 0. The molecule has 0 saturated heterocycles. The molecule has 0 saturated carbocycles. The summed E-state index contributed by atoms with van der Waals surface area (Å²) in [4.78, 5) is 27.3. The number of carbonyl (C=O) groups is 2. The number of carbonyl (C=O) groups excluding carboxylic acids is 2. The number of rotatable bonds is 6. The standard InChI is InChI=1S/C18H20N4O3/c23-12-14-3-1-2-4-16(14)21-18(25)8-5-13-9-20-22(11-13)17-7-6-15(24)10-19-17/h6-7,9-12,24H,1-5,8H2,(H,21,25). The van der Waals surface area contributed by atoms with Crippen LogP contribution in [0.15, 0.2) is 42.0 Å². The molecule has 0 spiro atoms. The van der Waals surface area contributed by atoms with Crippen LogP contribution >= 0.6 is 0 Å². The van der Waals surface area contributed by atoms with Gasteiger partial charge in [0.2, 0.25) is 5.91 Å². The largest absolute Gasteiger partial charge is 0.506 e. The van der Waals surface area contributed by atoms with Gasteiger partial charge in [-0.05, 0) is 49.8 Å². The van der Waals surface area contributed by atoms with Gasteiger partial charge in [-0.15, -0.1) is 0 Å². The molecule has 7 nitrogen and oxygen atoms in total. The van der Waals surface area contributed by atoms with Crippen LogP contribution in [0.1, 0.15) is 37.7 Å². The van der Waals surface area contributed by atoms with Gasteiger partial charge in [0.1, 0.15) is 12.0 Å². The Kier molecular flexibility index (Phi) is 5.23. The highest BCUT2D eigenvalue weighted by Crippen LogP contribution is 2.21. The zero-order valence-corrected chi connectivity index (χ0v) is 13.8. The van der Waals surface area contributed by atoms with E-state index in [-0.39, 0.29) is 11.7 Å². The maximum Gasteiger partial charge on any atom is 0.224 e. The number of aromatic hydroxyl groups is 1. The van der Waals surface area contributed by atoms with Crippen molar-refractivity contribution in [3.63, 3.8) is 0 Å². The second-order valence-corrected chi connectivity index (χ2v) is 6.04. The van der Waals surface area contributed by atoms with Gasteiger partial charge in [-0.3, -0.25) is 9.59 Å². The lowest BCUT2D eigenvalue weighted by Gasteiger charge is -2.17. The first kappa shape index (κ1) is 16.9. The zero-order chi connectivity index (χ0) is 17.6. The topological polar surface area (TPSA) is 97.1 Å². The molecule has 1 amide bonds. The summed E-state index contributed by atoms with van der Waals surface area (Å²) < 4.78 is 1.60. The van der Waals surface area contributed by atoms with E-state index in [0.717, 1.165) is 43.2 Å². The molecular weight excluding hydrogens is 320 g/mol. The number of hydrogen-bond acceptors (Lipinski definition) is 5. The fourth-order valence-corrected chi connectivity index (χ4v) is 2.82. The molecule has 0 radical (unpaired) electrons. The number of aldehydes is 1. The van der Waals surface area contributed by atoms with Crippen molar-refractivity contribution in [2.24, 2.45) is 0 Å². The lowest BCUT2D eigenvalue weighted by Crippen LogP contribution is -2.26. The Morgan fingerprint density at radius 3 is 2.88 bits per heavy atom. The SMILES string of the molecule is O=CC1=C(NC(=O)CCc2cnn(-c3ccc(O)cn3)c2)CCCC1. The fourth-order valence-electron chi connectivity index (χ4n) is 2.82. The minimum atomic E-state index is -0.0910. The third kappa shape index (κ3) is 4.32. The monoisotopic (exact) mass is 340 g/mol. The second kappa shape index (κ2) is 7.74. The average Bonchev–Trinajstić information content (AvgIpc) is 3.10. The van der Waals surface area contributed by atoms with Gasteiger partial charge in [-0.25, -0.2) is 9.67 Å². The molecule has 130 valence electrons. The van der Waals surface area contributed by atoms with Crippen molar-refractivity contribution in [3.8, 4) is 11.6 Å². The summed E-state index contributed by atoms with van der Waals surface area (Å²) in [5.74, 6) is 0.600. The predicted octanol–water partition coefficient (Wildman–Crippen LogP) is 2.05. The van der Waals surface area contributed by atoms with Gasteiger partial charge in [-0.1, -0.05) is 0 Å². The number of pyridine rings is 1. The molecule has 2 N–H and O–H groups in total. The summed E-state index contributed by atoms with van der Waals surface area (Å²) in [5.41, 5.74) is 2.40. The van der Waals surface area contributed by atoms with Crippen LogP contribution in [0.5, 0.6) is 5.75 Å². The molecular formula is C18H20N4O3. The number of hydrogen-bond donors (Lipinski definition) is 2. The van der Waals surface area contributed by atoms with Crippen LogP contribution in [0.2, 0.25) is 0 Å². The van der Waals surface area contributed by atoms with Gasteiger partial charge in [0.05, 0.1) is 12.4 Å². The first-order chi connectivity index (χ1) is 12.2. The Balaban J connectivity index is 1.57. The van der Waals surface area contributed by atoms with E-state index < -0.39 is 0 Å². The molecule has 0 unspecified atom stereocenters. The lowest BCUT2D eigenvalue weighted by atomic mass is 9.97. The van der Waals surface area contributed by atoms with E-state index in [1.807, 2.05) is 6.20 Å². The van der Waals surface area contributed by atoms with Crippen molar-refractivity contribution in [2.45, 2.75) is 38.5 Å². The van der Waals surface area contributed by atoms with Crippen molar-refractivity contribution in [1.82, 2.24) is 20.1 Å². The highest BCUT2D eigenvalue weighted by atomic mass is 16.3. The predicted molar refractivity (Wildman–Crippen MR) is 91.0 cm³/mol. The first-order valence-electron chi connectivity index (χ1n) is 8.31. The summed E-state index contributed by atoms with van der Waals surface area (Å²) in [5, 5.41) is 16.4. The summed E-state index contributed by atoms with van der Waals surface area (Å²) in [7, 11) is 0. The Bertz CT molecular complexity index is 793. The molecule has 0 atom stereocenters. The van der Waals surface area contributed by atoms with Crippen molar-refractivity contribution >= 4 is 12.2 Å². The molecule has 2 heterocycles. The highest BCUT2D eigenvalue weighted by molar-refractivity contribution is 5.81. The summed E-state index contributed by atoms with van der Waals surface area (Å²) in [6.07, 6.45) is 10.1. The van der Waals surface area contributed by atoms with E-state index in [1.54, 1.807) is 23.0 Å². The van der Waals surface area contributed by atoms with Crippen LogP contribution in [0.3, 0.4) is 0 Å². The van der Waals surface area contributed by atoms with E-state index in [4.69, 9.17) is 0 Å². The molecule has 7 heteroatoms. The van der Waals surface area contributed by atoms with E-state index in [2.05, 4.69) is 15.4 Å². The van der Waals surface area contributed by atoms with Crippen LogP contribution in [-0.4, -0.2) is 32.1 Å². The van der Waals surface area contributed by atoms with E-state index in [1.165, 1.54) is 6.20 Å². The second-order valence-electron chi connectivity index (χ2n) is 6.04. The molecule has 2 aromatic heterocycles. The van der Waals surface area contributed by atoms with Crippen molar-refractivity contribution in [2.75, 3.05) is 0 Å². The number of nitrogens with one attached hydrogen (secondary N) is 1. The molecule has 1 aliphatic carbocycles. The van der Waals surface area contributed by atoms with E-state index >= 15 is 0 Å². The minimum Gasteiger partial charge on any atom is -0.506 e. The molecule has 0 bridgehead atoms. The molecule has 0 aliphatic heterocycles. The molecule has 0 aromatic carbocycles. The van der Waals surface area contributed by atoms with E-state index in [9.17, 15) is 14.7 Å². The Morgan fingerprint density at radius 1 is 1.28 bits per heavy atom. The third-order valence-electron chi connectivity index (χ3n) is 4.19. The fraction of sp³-hybridized carbons (Fsp3) is 0.333. The Hall–Kier alpha value is -2.96. The lowest BCUT2D eigenvalue weighted by molar-refractivity contribution is -0.120. The maximum atomic E-state index is 12.1. The average molecular weight is 340 g/mol. The normalized spacial score (nSPS) is 14.4. The van der Waals surface area contributed by atoms with Crippen molar-refractivity contribution in [1.29, 1.82) is 0 Å². The van der Waals surface area contributed by atoms with Crippen LogP contribution in [-0.2, 0) is 16.0 Å². The highest BCUT2D eigenvalue weighted by Gasteiger charge is 2.14. The van der Waals surface area contributed by atoms with E-state index in [0.29, 0.717) is 24.2 Å². The number of allylic oxidation sites excluding steroid dienone is 2. The van der Waals surface area contributed by atoms with Gasteiger partial charge in [0, 0.05) is 23.9 Å². The smallest absolute Gasteiger partial charge is 0.224 e. The van der Waals surface area contributed by atoms with Crippen LogP contribution in [0.4, 0.5) is 0 Å². The van der Waals surface area contributed by atoms with Crippen LogP contribution < -0.4 is 5.32 Å². The summed E-state index contributed by atoms with van der Waals surface area (Å²) in [6.45, 7) is 0. The Labute approximate surface area is 145 Å². The number of aryl methyl sites for hydroxylation is 1. The van der Waals surface area contributed by atoms with Crippen molar-refractivity contribution in [3.05, 3.63) is 47.6 Å². The number of aromatic nitrogens is 3. The van der Waals surface area contributed by atoms with Crippen LogP contribution in [0.25, 0.3) is 5.82 Å². The van der Waals surface area contributed by atoms with Crippen LogP contribution in [0, 0.1) is 0 Å². The van der Waals surface area contributed by atoms with Gasteiger partial charge in [0.15, 0.2) is 5.82 Å². The summed E-state index contributed by atoms with van der Waals surface area (Å²) in [6, 6.07) is 3.20. The molecule has 1 aliphatic rings. The number of amides is 1. The van der Waals surface area contributed by atoms with Gasteiger partial charge < -0.3 is 10.4 Å². The quantitative estimate of drug-likeness (QED) is 0.785. The first-order valence-corrected chi connectivity index (χ1v) is 8.31. The van der Waals surface area contributed by atoms with Gasteiger partial charge >= 0.3 is 0 Å². The van der Waals surface area contributed by atoms with Gasteiger partial charge in [-0.2, -0.15) is 5.10 Å². The van der Waals surface area contributed by atoms with Gasteiger partial charge in [0.25, 0.3) is 0 Å². The maximum absolute atomic E-state index is 12.1. The molecule has 3 rings (SSSR count). The molecule has 2 aromatic rings. The third-order valence-corrected chi connectivity index (χ3v) is 4.19. The minimum absolute atomic E-state index is 0.0910. The molecule has 0 fully saturated rings. The Morgan fingerprint density at radius 2 is 2.12 bits per heavy atom. The molecule has 25 heavy (non-hydrogen) atoms.